The summed E-state index contributed by atoms with van der Waals surface area (Å²) in [5.41, 5.74) is 6.37. The molecule has 0 bridgehead atoms. The summed E-state index contributed by atoms with van der Waals surface area (Å²) in [6.45, 7) is 4.49. The van der Waals surface area contributed by atoms with Crippen LogP contribution in [0.5, 0.6) is 0 Å². The zero-order chi connectivity index (χ0) is 27.2. The molecule has 0 amide bonds. The molecule has 1 aromatic heterocycles. The van der Waals surface area contributed by atoms with Gasteiger partial charge in [0.05, 0.1) is 11.8 Å². The van der Waals surface area contributed by atoms with Crippen LogP contribution in [0.2, 0.25) is 0 Å². The second-order valence-electron chi connectivity index (χ2n) is 10.2. The molecule has 1 fully saturated rings. The first-order valence-electron chi connectivity index (χ1n) is 13.7. The number of ketones is 2. The number of piperidine rings is 1. The third-order valence-electron chi connectivity index (χ3n) is 7.40. The smallest absolute Gasteiger partial charge is 0.183 e. The molecule has 200 valence electrons. The third kappa shape index (κ3) is 6.65. The summed E-state index contributed by atoms with van der Waals surface area (Å²) in [5.74, 6) is 0.207. The van der Waals surface area contributed by atoms with Gasteiger partial charge in [-0.3, -0.25) is 9.59 Å². The molecule has 0 atom stereocenters. The summed E-state index contributed by atoms with van der Waals surface area (Å²) in [6.07, 6.45) is 4.02. The molecule has 1 saturated heterocycles. The number of aliphatic hydroxyl groups is 1. The van der Waals surface area contributed by atoms with E-state index in [4.69, 9.17) is 0 Å². The number of nitrogens with one attached hydrogen (secondary N) is 1. The lowest BCUT2D eigenvalue weighted by molar-refractivity contribution is 0.0979. The van der Waals surface area contributed by atoms with Crippen LogP contribution in [0, 0.1) is 0 Å². The van der Waals surface area contributed by atoms with Gasteiger partial charge in [-0.1, -0.05) is 24.3 Å². The number of nitrogens with zero attached hydrogens (tertiary/aromatic N) is 2. The highest BCUT2D eigenvalue weighted by molar-refractivity contribution is 5.98. The summed E-state index contributed by atoms with van der Waals surface area (Å²) in [5, 5.41) is 13.1. The lowest BCUT2D eigenvalue weighted by atomic mass is 10.0. The molecule has 0 aliphatic carbocycles. The Hall–Kier alpha value is -4.16. The van der Waals surface area contributed by atoms with Crippen molar-refractivity contribution in [1.82, 2.24) is 4.57 Å². The van der Waals surface area contributed by atoms with Gasteiger partial charge in [-0.05, 0) is 91.6 Å². The molecular formula is C33H35N3O3. The molecule has 2 heterocycles. The van der Waals surface area contributed by atoms with Crippen LogP contribution in [0.1, 0.15) is 51.7 Å². The van der Waals surface area contributed by atoms with E-state index in [-0.39, 0.29) is 17.7 Å². The average molecular weight is 522 g/mol. The van der Waals surface area contributed by atoms with Crippen LogP contribution in [-0.4, -0.2) is 40.4 Å². The molecule has 0 spiro atoms. The van der Waals surface area contributed by atoms with Gasteiger partial charge in [-0.25, -0.2) is 0 Å². The molecule has 4 aromatic rings. The maximum atomic E-state index is 12.9. The Balaban J connectivity index is 1.13. The van der Waals surface area contributed by atoms with Gasteiger partial charge in [-0.15, -0.1) is 0 Å². The summed E-state index contributed by atoms with van der Waals surface area (Å²) in [7, 11) is 0. The number of benzene rings is 3. The van der Waals surface area contributed by atoms with Crippen molar-refractivity contribution in [3.63, 3.8) is 0 Å². The van der Waals surface area contributed by atoms with Crippen molar-refractivity contribution in [2.45, 2.75) is 45.3 Å². The minimum absolute atomic E-state index is 0.0904. The second-order valence-corrected chi connectivity index (χ2v) is 10.2. The van der Waals surface area contributed by atoms with E-state index < -0.39 is 0 Å². The average Bonchev–Trinajstić information content (AvgIpc) is 3.45. The van der Waals surface area contributed by atoms with E-state index in [1.807, 2.05) is 103 Å². The van der Waals surface area contributed by atoms with Crippen LogP contribution in [0.25, 0.3) is 0 Å². The number of hydrogen-bond acceptors (Lipinski definition) is 5. The predicted molar refractivity (Wildman–Crippen MR) is 156 cm³/mol. The van der Waals surface area contributed by atoms with Crippen LogP contribution in [0.4, 0.5) is 17.1 Å². The van der Waals surface area contributed by atoms with Crippen molar-refractivity contribution in [2.24, 2.45) is 0 Å². The fourth-order valence-corrected chi connectivity index (χ4v) is 5.07. The lowest BCUT2D eigenvalue weighted by Crippen LogP contribution is -2.35. The molecule has 6 heteroatoms. The number of aliphatic hydroxyl groups excluding tert-OH is 1. The highest BCUT2D eigenvalue weighted by atomic mass is 16.3. The van der Waals surface area contributed by atoms with Crippen molar-refractivity contribution in [3.8, 4) is 0 Å². The van der Waals surface area contributed by atoms with Crippen molar-refractivity contribution in [2.75, 3.05) is 23.3 Å². The molecule has 6 nitrogen and oxygen atoms in total. The third-order valence-corrected chi connectivity index (χ3v) is 7.40. The molecule has 2 N–H and O–H groups in total. The molecule has 0 saturated carbocycles. The number of aryl methyl sites for hydroxylation is 1. The highest BCUT2D eigenvalue weighted by Gasteiger charge is 2.17. The Labute approximate surface area is 229 Å². The fourth-order valence-electron chi connectivity index (χ4n) is 5.07. The summed E-state index contributed by atoms with van der Waals surface area (Å²) in [4.78, 5) is 27.8. The van der Waals surface area contributed by atoms with Gasteiger partial charge in [0.25, 0.3) is 0 Å². The van der Waals surface area contributed by atoms with E-state index in [2.05, 4.69) is 10.2 Å². The van der Waals surface area contributed by atoms with E-state index in [0.717, 1.165) is 66.4 Å². The summed E-state index contributed by atoms with van der Waals surface area (Å²) < 4.78 is 1.97. The van der Waals surface area contributed by atoms with Crippen LogP contribution in [-0.2, 0) is 19.4 Å². The van der Waals surface area contributed by atoms with E-state index in [0.29, 0.717) is 18.4 Å². The molecule has 0 radical (unpaired) electrons. The Morgan fingerprint density at radius 1 is 0.795 bits per heavy atom. The molecule has 39 heavy (non-hydrogen) atoms. The fraction of sp³-hybridized carbons (Fsp3) is 0.273. The number of rotatable bonds is 10. The first kappa shape index (κ1) is 26.4. The quantitative estimate of drug-likeness (QED) is 0.248. The summed E-state index contributed by atoms with van der Waals surface area (Å²) >= 11 is 0. The lowest BCUT2D eigenvalue weighted by Gasteiger charge is -2.31. The van der Waals surface area contributed by atoms with Crippen LogP contribution >= 0.6 is 0 Å². The largest absolute Gasteiger partial charge is 0.393 e. The first-order valence-corrected chi connectivity index (χ1v) is 13.7. The van der Waals surface area contributed by atoms with Gasteiger partial charge in [0, 0.05) is 61.3 Å². The van der Waals surface area contributed by atoms with Crippen molar-refractivity contribution in [1.29, 1.82) is 0 Å². The van der Waals surface area contributed by atoms with Gasteiger partial charge >= 0.3 is 0 Å². The zero-order valence-corrected chi connectivity index (χ0v) is 22.3. The van der Waals surface area contributed by atoms with Gasteiger partial charge in [0.2, 0.25) is 0 Å². The number of Topliss-reactive ketones (excluding diaryl/α,β-unsaturated/α-hetero) is 2. The first-order chi connectivity index (χ1) is 19.0. The molecule has 0 unspecified atom stereocenters. The van der Waals surface area contributed by atoms with Gasteiger partial charge in [0.1, 0.15) is 0 Å². The second kappa shape index (κ2) is 12.1. The monoisotopic (exact) mass is 521 g/mol. The summed E-state index contributed by atoms with van der Waals surface area (Å²) in [6, 6.07) is 27.4. The SMILES string of the molecule is CCn1cccc1C(=O)Cc1ccc(Nc2ccc(CC(=O)c3ccc(N4CCC(O)CC4)cc3)cc2)cc1. The predicted octanol–water partition coefficient (Wildman–Crippen LogP) is 6.06. The molecule has 5 rings (SSSR count). The minimum Gasteiger partial charge on any atom is -0.393 e. The minimum atomic E-state index is -0.198. The Morgan fingerprint density at radius 2 is 1.36 bits per heavy atom. The van der Waals surface area contributed by atoms with Crippen molar-refractivity contribution in [3.05, 3.63) is 114 Å². The number of anilines is 3. The normalized spacial score (nSPS) is 13.8. The van der Waals surface area contributed by atoms with Crippen molar-refractivity contribution < 1.29 is 14.7 Å². The molecule has 3 aromatic carbocycles. The van der Waals surface area contributed by atoms with Gasteiger partial charge in [0.15, 0.2) is 11.6 Å². The number of hydrogen-bond donors (Lipinski definition) is 2. The number of aromatic nitrogens is 1. The van der Waals surface area contributed by atoms with Crippen LogP contribution in [0.15, 0.2) is 91.1 Å². The maximum absolute atomic E-state index is 12.9. The van der Waals surface area contributed by atoms with Gasteiger partial charge < -0.3 is 19.9 Å². The van der Waals surface area contributed by atoms with Gasteiger partial charge in [-0.2, -0.15) is 0 Å². The zero-order valence-electron chi connectivity index (χ0n) is 22.3. The molecular weight excluding hydrogens is 486 g/mol. The topological polar surface area (TPSA) is 74.6 Å². The standard InChI is InChI=1S/C33H35N3O3/c1-2-35-19-3-4-31(35)33(39)23-25-7-13-28(14-8-25)34-27-11-5-24(6-12-27)22-32(38)26-9-15-29(16-10-26)36-20-17-30(37)18-21-36/h3-16,19,30,34,37H,2,17-18,20-23H2,1H3. The van der Waals surface area contributed by atoms with E-state index in [1.165, 1.54) is 0 Å². The number of carbonyl (C=O) groups excluding carboxylic acids is 2. The Morgan fingerprint density at radius 3 is 1.92 bits per heavy atom. The Kier molecular flexibility index (Phi) is 8.23. The highest BCUT2D eigenvalue weighted by Crippen LogP contribution is 2.22. The van der Waals surface area contributed by atoms with E-state index >= 15 is 0 Å². The molecule has 1 aliphatic rings. The maximum Gasteiger partial charge on any atom is 0.183 e. The van der Waals surface area contributed by atoms with E-state index in [9.17, 15) is 14.7 Å². The van der Waals surface area contributed by atoms with E-state index in [1.54, 1.807) is 0 Å². The molecule has 1 aliphatic heterocycles. The Bertz CT molecular complexity index is 1400. The van der Waals surface area contributed by atoms with Crippen LogP contribution in [0.3, 0.4) is 0 Å². The van der Waals surface area contributed by atoms with Crippen molar-refractivity contribution >= 4 is 28.6 Å². The number of carbonyl (C=O) groups is 2. The van der Waals surface area contributed by atoms with Crippen LogP contribution < -0.4 is 10.2 Å².